The van der Waals surface area contributed by atoms with Gasteiger partial charge in [-0.1, -0.05) is 23.2 Å². The lowest BCUT2D eigenvalue weighted by Gasteiger charge is -2.19. The van der Waals surface area contributed by atoms with Gasteiger partial charge in [0.2, 0.25) is 0 Å². The van der Waals surface area contributed by atoms with Crippen LogP contribution in [0.1, 0.15) is 23.0 Å². The molecule has 0 spiro atoms. The first kappa shape index (κ1) is 15.9. The van der Waals surface area contributed by atoms with Gasteiger partial charge >= 0.3 is 6.03 Å². The number of carbonyl (C=O) groups is 3. The molecule has 2 aromatic rings. The third-order valence-electron chi connectivity index (χ3n) is 3.32. The van der Waals surface area contributed by atoms with Crippen LogP contribution >= 0.6 is 34.5 Å². The molecule has 0 unspecified atom stereocenters. The second-order valence-electron chi connectivity index (χ2n) is 4.85. The van der Waals surface area contributed by atoms with Crippen LogP contribution in [0.15, 0.2) is 28.9 Å². The SMILES string of the molecule is C[C@]1(c2ccco2)NC(=O)N(NC(=O)c2cc(Cl)sc2Cl)C1=O. The third-order valence-corrected chi connectivity index (χ3v) is 4.81. The average Bonchev–Trinajstić information content (AvgIpc) is 3.16. The molecule has 1 aliphatic heterocycles. The van der Waals surface area contributed by atoms with Crippen molar-refractivity contribution in [3.05, 3.63) is 44.5 Å². The smallest absolute Gasteiger partial charge is 0.344 e. The molecule has 0 bridgehead atoms. The van der Waals surface area contributed by atoms with E-state index in [4.69, 9.17) is 27.6 Å². The van der Waals surface area contributed by atoms with Crippen LogP contribution in [0.4, 0.5) is 4.79 Å². The van der Waals surface area contributed by atoms with E-state index in [-0.39, 0.29) is 15.7 Å². The highest BCUT2D eigenvalue weighted by molar-refractivity contribution is 7.20. The standard InChI is InChI=1S/C13H9Cl2N3O4S/c1-13(7-3-2-4-22-7)11(20)18(12(21)16-13)17-10(19)6-5-8(14)23-9(6)15/h2-5H,1H3,(H,16,21)(H,17,19)/t13-/m1/s1. The molecular formula is C13H9Cl2N3O4S. The zero-order chi connectivity index (χ0) is 16.8. The lowest BCUT2D eigenvalue weighted by atomic mass is 10.00. The molecule has 0 aliphatic carbocycles. The lowest BCUT2D eigenvalue weighted by Crippen LogP contribution is -2.47. The van der Waals surface area contributed by atoms with Crippen LogP contribution in [-0.2, 0) is 10.3 Å². The van der Waals surface area contributed by atoms with Crippen LogP contribution in [0.3, 0.4) is 0 Å². The number of hydrazine groups is 1. The van der Waals surface area contributed by atoms with Crippen molar-refractivity contribution >= 4 is 52.4 Å². The topological polar surface area (TPSA) is 91.7 Å². The van der Waals surface area contributed by atoms with Crippen LogP contribution in [0.2, 0.25) is 8.67 Å². The Morgan fingerprint density at radius 1 is 1.43 bits per heavy atom. The Hall–Kier alpha value is -2.03. The predicted octanol–water partition coefficient (Wildman–Crippen LogP) is 2.76. The summed E-state index contributed by atoms with van der Waals surface area (Å²) in [4.78, 5) is 36.7. The number of carbonyl (C=O) groups excluding carboxylic acids is 3. The fourth-order valence-electron chi connectivity index (χ4n) is 2.13. The number of halogens is 2. The van der Waals surface area contributed by atoms with Gasteiger partial charge in [0.1, 0.15) is 10.1 Å². The molecule has 1 atom stereocenters. The number of hydrogen-bond acceptors (Lipinski definition) is 5. The number of rotatable bonds is 3. The molecule has 2 N–H and O–H groups in total. The molecule has 1 aliphatic rings. The van der Waals surface area contributed by atoms with Gasteiger partial charge in [0.15, 0.2) is 5.54 Å². The summed E-state index contributed by atoms with van der Waals surface area (Å²) < 4.78 is 5.67. The van der Waals surface area contributed by atoms with E-state index < -0.39 is 23.4 Å². The molecule has 3 rings (SSSR count). The number of nitrogens with zero attached hydrogens (tertiary/aromatic N) is 1. The fourth-order valence-corrected chi connectivity index (χ4v) is 3.59. The highest BCUT2D eigenvalue weighted by atomic mass is 35.5. The van der Waals surface area contributed by atoms with Crippen molar-refractivity contribution in [2.24, 2.45) is 0 Å². The molecule has 0 aromatic carbocycles. The Morgan fingerprint density at radius 3 is 2.74 bits per heavy atom. The average molecular weight is 374 g/mol. The molecular weight excluding hydrogens is 365 g/mol. The second kappa shape index (κ2) is 5.55. The Morgan fingerprint density at radius 2 is 2.17 bits per heavy atom. The zero-order valence-electron chi connectivity index (χ0n) is 11.6. The number of furan rings is 1. The van der Waals surface area contributed by atoms with Crippen LogP contribution < -0.4 is 10.7 Å². The number of urea groups is 1. The van der Waals surface area contributed by atoms with Crippen LogP contribution in [-0.4, -0.2) is 22.9 Å². The maximum atomic E-state index is 12.5. The first-order chi connectivity index (χ1) is 10.8. The summed E-state index contributed by atoms with van der Waals surface area (Å²) in [7, 11) is 0. The summed E-state index contributed by atoms with van der Waals surface area (Å²) in [5.74, 6) is -1.14. The summed E-state index contributed by atoms with van der Waals surface area (Å²) in [6.45, 7) is 1.48. The van der Waals surface area contributed by atoms with Gasteiger partial charge in [-0.3, -0.25) is 15.0 Å². The summed E-state index contributed by atoms with van der Waals surface area (Å²) in [5, 5.41) is 3.07. The van der Waals surface area contributed by atoms with Gasteiger partial charge < -0.3 is 9.73 Å². The lowest BCUT2D eigenvalue weighted by molar-refractivity contribution is -0.133. The van der Waals surface area contributed by atoms with Gasteiger partial charge in [0.05, 0.1) is 16.2 Å². The minimum absolute atomic E-state index is 0.0777. The van der Waals surface area contributed by atoms with Crippen LogP contribution in [0.5, 0.6) is 0 Å². The van der Waals surface area contributed by atoms with E-state index in [1.54, 1.807) is 12.1 Å². The van der Waals surface area contributed by atoms with Gasteiger partial charge in [-0.15, -0.1) is 11.3 Å². The molecule has 1 fully saturated rings. The van der Waals surface area contributed by atoms with Gasteiger partial charge in [0, 0.05) is 0 Å². The van der Waals surface area contributed by atoms with Crippen LogP contribution in [0.25, 0.3) is 0 Å². The number of hydrogen-bond donors (Lipinski definition) is 2. The summed E-state index contributed by atoms with van der Waals surface area (Å²) in [5.41, 5.74) is 0.900. The molecule has 10 heteroatoms. The Bertz CT molecular complexity index is 804. The van der Waals surface area contributed by atoms with E-state index in [0.29, 0.717) is 9.35 Å². The minimum Gasteiger partial charge on any atom is -0.466 e. The molecule has 0 saturated carbocycles. The molecule has 1 saturated heterocycles. The van der Waals surface area contributed by atoms with Gasteiger partial charge in [-0.05, 0) is 25.1 Å². The monoisotopic (exact) mass is 373 g/mol. The minimum atomic E-state index is -1.40. The molecule has 0 radical (unpaired) electrons. The van der Waals surface area contributed by atoms with E-state index in [0.717, 1.165) is 11.3 Å². The van der Waals surface area contributed by atoms with Crippen LogP contribution in [0, 0.1) is 0 Å². The number of imide groups is 1. The molecule has 4 amide bonds. The molecule has 2 aromatic heterocycles. The van der Waals surface area contributed by atoms with E-state index in [1.807, 2.05) is 0 Å². The van der Waals surface area contributed by atoms with Crippen molar-refractivity contribution in [3.63, 3.8) is 0 Å². The normalized spacial score (nSPS) is 20.7. The summed E-state index contributed by atoms with van der Waals surface area (Å²) >= 11 is 12.7. The van der Waals surface area contributed by atoms with E-state index in [2.05, 4.69) is 10.7 Å². The van der Waals surface area contributed by atoms with E-state index in [1.165, 1.54) is 19.3 Å². The maximum Gasteiger partial charge on any atom is 0.344 e. The zero-order valence-corrected chi connectivity index (χ0v) is 13.9. The van der Waals surface area contributed by atoms with E-state index >= 15 is 0 Å². The second-order valence-corrected chi connectivity index (χ2v) is 7.14. The highest BCUT2D eigenvalue weighted by Gasteiger charge is 2.52. The summed E-state index contributed by atoms with van der Waals surface area (Å²) in [6, 6.07) is 3.72. The Labute approximate surface area is 144 Å². The molecule has 3 heterocycles. The van der Waals surface area contributed by atoms with E-state index in [9.17, 15) is 14.4 Å². The number of amides is 4. The van der Waals surface area contributed by atoms with Crippen molar-refractivity contribution in [3.8, 4) is 0 Å². The van der Waals surface area contributed by atoms with Gasteiger partial charge in [-0.2, -0.15) is 5.01 Å². The molecule has 7 nitrogen and oxygen atoms in total. The first-order valence-electron chi connectivity index (χ1n) is 6.29. The van der Waals surface area contributed by atoms with Crippen molar-refractivity contribution in [2.45, 2.75) is 12.5 Å². The van der Waals surface area contributed by atoms with Gasteiger partial charge in [-0.25, -0.2) is 4.79 Å². The third kappa shape index (κ3) is 2.58. The van der Waals surface area contributed by atoms with Crippen molar-refractivity contribution in [1.29, 1.82) is 0 Å². The Kier molecular flexibility index (Phi) is 3.83. The summed E-state index contributed by atoms with van der Waals surface area (Å²) in [6.07, 6.45) is 1.38. The largest absolute Gasteiger partial charge is 0.466 e. The highest BCUT2D eigenvalue weighted by Crippen LogP contribution is 2.32. The van der Waals surface area contributed by atoms with Crippen molar-refractivity contribution in [1.82, 2.24) is 15.8 Å². The predicted molar refractivity (Wildman–Crippen MR) is 83.2 cm³/mol. The van der Waals surface area contributed by atoms with Gasteiger partial charge in [0.25, 0.3) is 11.8 Å². The van der Waals surface area contributed by atoms with Crippen molar-refractivity contribution in [2.75, 3.05) is 0 Å². The quantitative estimate of drug-likeness (QED) is 0.809. The molecule has 120 valence electrons. The number of nitrogens with one attached hydrogen (secondary N) is 2. The number of thiophene rings is 1. The first-order valence-corrected chi connectivity index (χ1v) is 7.86. The maximum absolute atomic E-state index is 12.5. The molecule has 23 heavy (non-hydrogen) atoms. The fraction of sp³-hybridized carbons (Fsp3) is 0.154. The Balaban J connectivity index is 1.84. The van der Waals surface area contributed by atoms with Crippen molar-refractivity contribution < 1.29 is 18.8 Å².